The molecule has 0 aliphatic heterocycles. The van der Waals surface area contributed by atoms with Crippen molar-refractivity contribution in [2.45, 2.75) is 26.3 Å². The van der Waals surface area contributed by atoms with Gasteiger partial charge in [-0.15, -0.1) is 0 Å². The molecule has 0 aliphatic rings. The van der Waals surface area contributed by atoms with Crippen molar-refractivity contribution >= 4 is 15.9 Å². The van der Waals surface area contributed by atoms with Crippen molar-refractivity contribution in [3.63, 3.8) is 0 Å². The second kappa shape index (κ2) is 6.62. The van der Waals surface area contributed by atoms with E-state index in [0.29, 0.717) is 0 Å². The van der Waals surface area contributed by atoms with Crippen molar-refractivity contribution in [2.75, 3.05) is 14.2 Å². The predicted molar refractivity (Wildman–Crippen MR) is 88.9 cm³/mol. The van der Waals surface area contributed by atoms with Crippen molar-refractivity contribution in [2.24, 2.45) is 7.05 Å². The molecule has 0 saturated carbocycles. The summed E-state index contributed by atoms with van der Waals surface area (Å²) in [4.78, 5) is 0. The maximum absolute atomic E-state index is 5.54. The van der Waals surface area contributed by atoms with Crippen LogP contribution in [0.3, 0.4) is 0 Å². The van der Waals surface area contributed by atoms with Crippen LogP contribution in [-0.2, 0) is 13.5 Å². The summed E-state index contributed by atoms with van der Waals surface area (Å²) in [5.74, 6) is 0.921. The summed E-state index contributed by atoms with van der Waals surface area (Å²) >= 11 is 3.64. The highest BCUT2D eigenvalue weighted by molar-refractivity contribution is 9.10. The molecule has 0 fully saturated rings. The molecule has 0 aliphatic carbocycles. The first-order chi connectivity index (χ1) is 9.97. The number of rotatable bonds is 5. The summed E-state index contributed by atoms with van der Waals surface area (Å²) in [5, 5.41) is 7.84. The molecule has 0 spiro atoms. The number of methoxy groups -OCH3 is 1. The number of nitrogens with one attached hydrogen (secondary N) is 1. The third-order valence-corrected chi connectivity index (χ3v) is 4.80. The number of likely N-dealkylation sites (N-methyl/N-ethyl adjacent to an activating group) is 1. The number of benzene rings is 1. The van der Waals surface area contributed by atoms with Gasteiger partial charge in [-0.3, -0.25) is 4.68 Å². The maximum Gasteiger partial charge on any atom is 0.123 e. The number of nitrogens with zero attached hydrogens (tertiary/aromatic N) is 2. The summed E-state index contributed by atoms with van der Waals surface area (Å²) in [6.45, 7) is 4.08. The Labute approximate surface area is 134 Å². The number of aryl methyl sites for hydroxylation is 3. The zero-order chi connectivity index (χ0) is 15.6. The van der Waals surface area contributed by atoms with Crippen LogP contribution in [0.4, 0.5) is 0 Å². The van der Waals surface area contributed by atoms with Crippen LogP contribution in [0.1, 0.15) is 28.6 Å². The molecule has 1 aromatic heterocycles. The van der Waals surface area contributed by atoms with Gasteiger partial charge in [0.25, 0.3) is 0 Å². The molecular formula is C16H22BrN3O. The lowest BCUT2D eigenvalue weighted by atomic mass is 9.99. The van der Waals surface area contributed by atoms with E-state index in [9.17, 15) is 0 Å². The van der Waals surface area contributed by atoms with Gasteiger partial charge in [-0.2, -0.15) is 5.10 Å². The minimum Gasteiger partial charge on any atom is -0.496 e. The van der Waals surface area contributed by atoms with Crippen LogP contribution >= 0.6 is 15.9 Å². The monoisotopic (exact) mass is 351 g/mol. The van der Waals surface area contributed by atoms with Crippen LogP contribution in [0.25, 0.3) is 0 Å². The van der Waals surface area contributed by atoms with E-state index in [-0.39, 0.29) is 6.04 Å². The average molecular weight is 352 g/mol. The number of aromatic nitrogens is 2. The molecule has 4 nitrogen and oxygen atoms in total. The SMILES string of the molecule is CNC(Cc1c(Br)c(C)nn1C)c1ccc(C)cc1OC. The van der Waals surface area contributed by atoms with E-state index >= 15 is 0 Å². The Kier molecular flexibility index (Phi) is 5.06. The van der Waals surface area contributed by atoms with Crippen LogP contribution in [-0.4, -0.2) is 23.9 Å². The topological polar surface area (TPSA) is 39.1 Å². The fourth-order valence-electron chi connectivity index (χ4n) is 2.57. The molecular weight excluding hydrogens is 330 g/mol. The summed E-state index contributed by atoms with van der Waals surface area (Å²) in [6, 6.07) is 6.49. The Bertz CT molecular complexity index is 637. The van der Waals surface area contributed by atoms with Gasteiger partial charge in [0.1, 0.15) is 5.75 Å². The first-order valence-corrected chi connectivity index (χ1v) is 7.77. The minimum absolute atomic E-state index is 0.173. The molecule has 21 heavy (non-hydrogen) atoms. The number of hydrogen-bond acceptors (Lipinski definition) is 3. The zero-order valence-electron chi connectivity index (χ0n) is 13.2. The number of hydrogen-bond donors (Lipinski definition) is 1. The highest BCUT2D eigenvalue weighted by Crippen LogP contribution is 2.31. The average Bonchev–Trinajstić information content (AvgIpc) is 2.70. The van der Waals surface area contributed by atoms with Crippen molar-refractivity contribution in [1.82, 2.24) is 15.1 Å². The van der Waals surface area contributed by atoms with Crippen LogP contribution < -0.4 is 10.1 Å². The van der Waals surface area contributed by atoms with Crippen molar-refractivity contribution < 1.29 is 4.74 Å². The van der Waals surface area contributed by atoms with Crippen LogP contribution in [0.2, 0.25) is 0 Å². The smallest absolute Gasteiger partial charge is 0.123 e. The molecule has 2 aromatic rings. The van der Waals surface area contributed by atoms with E-state index in [1.54, 1.807) is 7.11 Å². The molecule has 1 atom stereocenters. The highest BCUT2D eigenvalue weighted by atomic mass is 79.9. The van der Waals surface area contributed by atoms with Gasteiger partial charge in [-0.05, 0) is 48.5 Å². The fourth-order valence-corrected chi connectivity index (χ4v) is 3.07. The van der Waals surface area contributed by atoms with Gasteiger partial charge in [-0.1, -0.05) is 12.1 Å². The normalized spacial score (nSPS) is 12.5. The third-order valence-electron chi connectivity index (χ3n) is 3.77. The maximum atomic E-state index is 5.54. The van der Waals surface area contributed by atoms with Crippen molar-refractivity contribution in [3.05, 3.63) is 45.2 Å². The van der Waals surface area contributed by atoms with E-state index in [1.807, 2.05) is 25.7 Å². The number of ether oxygens (including phenoxy) is 1. The Morgan fingerprint density at radius 3 is 2.62 bits per heavy atom. The van der Waals surface area contributed by atoms with Crippen molar-refractivity contribution in [3.8, 4) is 5.75 Å². The van der Waals surface area contributed by atoms with E-state index in [2.05, 4.69) is 51.5 Å². The Balaban J connectivity index is 2.36. The van der Waals surface area contributed by atoms with Gasteiger partial charge in [0.2, 0.25) is 0 Å². The lowest BCUT2D eigenvalue weighted by molar-refractivity contribution is 0.400. The predicted octanol–water partition coefficient (Wildman–Crippen LogP) is 3.31. The van der Waals surface area contributed by atoms with Crippen LogP contribution in [0, 0.1) is 13.8 Å². The lowest BCUT2D eigenvalue weighted by Gasteiger charge is -2.20. The molecule has 5 heteroatoms. The van der Waals surface area contributed by atoms with E-state index in [0.717, 1.165) is 27.9 Å². The quantitative estimate of drug-likeness (QED) is 0.897. The minimum atomic E-state index is 0.173. The Morgan fingerprint density at radius 2 is 2.10 bits per heavy atom. The van der Waals surface area contributed by atoms with Gasteiger partial charge in [0.05, 0.1) is 23.0 Å². The zero-order valence-corrected chi connectivity index (χ0v) is 14.8. The molecule has 0 radical (unpaired) electrons. The summed E-state index contributed by atoms with van der Waals surface area (Å²) in [6.07, 6.45) is 0.841. The molecule has 1 unspecified atom stereocenters. The fraction of sp³-hybridized carbons (Fsp3) is 0.438. The van der Waals surface area contributed by atoms with Crippen LogP contribution in [0.5, 0.6) is 5.75 Å². The van der Waals surface area contributed by atoms with Gasteiger partial charge >= 0.3 is 0 Å². The second-order valence-corrected chi connectivity index (χ2v) is 6.05. The standard InChI is InChI=1S/C16H22BrN3O/c1-10-6-7-12(15(8-10)21-5)13(18-3)9-14-16(17)11(2)19-20(14)4/h6-8,13,18H,9H2,1-5H3. The molecule has 2 rings (SSSR count). The largest absolute Gasteiger partial charge is 0.496 e. The van der Waals surface area contributed by atoms with E-state index in [4.69, 9.17) is 4.74 Å². The van der Waals surface area contributed by atoms with Crippen LogP contribution in [0.15, 0.2) is 22.7 Å². The Morgan fingerprint density at radius 1 is 1.38 bits per heavy atom. The molecule has 0 saturated heterocycles. The first-order valence-electron chi connectivity index (χ1n) is 6.97. The highest BCUT2D eigenvalue weighted by Gasteiger charge is 2.19. The van der Waals surface area contributed by atoms with Gasteiger partial charge in [0.15, 0.2) is 0 Å². The summed E-state index contributed by atoms with van der Waals surface area (Å²) < 4.78 is 8.55. The van der Waals surface area contributed by atoms with E-state index in [1.165, 1.54) is 11.3 Å². The summed E-state index contributed by atoms with van der Waals surface area (Å²) in [5.41, 5.74) is 4.55. The molecule has 114 valence electrons. The van der Waals surface area contributed by atoms with Gasteiger partial charge in [-0.25, -0.2) is 0 Å². The molecule has 1 heterocycles. The molecule has 1 N–H and O–H groups in total. The molecule has 0 bridgehead atoms. The lowest BCUT2D eigenvalue weighted by Crippen LogP contribution is -2.21. The second-order valence-electron chi connectivity index (χ2n) is 5.26. The summed E-state index contributed by atoms with van der Waals surface area (Å²) in [7, 11) is 5.67. The van der Waals surface area contributed by atoms with Gasteiger partial charge < -0.3 is 10.1 Å². The Hall–Kier alpha value is -1.33. The first kappa shape index (κ1) is 16.0. The van der Waals surface area contributed by atoms with Crippen molar-refractivity contribution in [1.29, 1.82) is 0 Å². The van der Waals surface area contributed by atoms with Gasteiger partial charge in [0, 0.05) is 25.1 Å². The van der Waals surface area contributed by atoms with E-state index < -0.39 is 0 Å². The molecule has 0 amide bonds. The number of halogens is 1. The molecule has 1 aromatic carbocycles. The third kappa shape index (κ3) is 3.30.